The summed E-state index contributed by atoms with van der Waals surface area (Å²) in [6.07, 6.45) is 4.98. The Labute approximate surface area is 171 Å². The summed E-state index contributed by atoms with van der Waals surface area (Å²) in [6, 6.07) is 10.1. The fourth-order valence-corrected chi connectivity index (χ4v) is 4.32. The Balaban J connectivity index is 1.51. The third-order valence-corrected chi connectivity index (χ3v) is 5.89. The highest BCUT2D eigenvalue weighted by Gasteiger charge is 2.26. The molecule has 3 heterocycles. The van der Waals surface area contributed by atoms with Crippen LogP contribution in [0.2, 0.25) is 5.02 Å². The molecule has 0 aliphatic carbocycles. The number of morpholine rings is 1. The fourth-order valence-electron chi connectivity index (χ4n) is 4.04. The van der Waals surface area contributed by atoms with Crippen LogP contribution in [0.1, 0.15) is 46.9 Å². The molecule has 0 spiro atoms. The number of nitrogens with zero attached hydrogens (tertiary/aromatic N) is 3. The van der Waals surface area contributed by atoms with Crippen LogP contribution >= 0.6 is 11.6 Å². The summed E-state index contributed by atoms with van der Waals surface area (Å²) in [5.41, 5.74) is 2.98. The van der Waals surface area contributed by atoms with Gasteiger partial charge in [0.05, 0.1) is 17.2 Å². The minimum absolute atomic E-state index is 0.0116. The van der Waals surface area contributed by atoms with Crippen molar-refractivity contribution in [3.8, 4) is 0 Å². The number of rotatable bonds is 3. The van der Waals surface area contributed by atoms with E-state index >= 15 is 0 Å². The van der Waals surface area contributed by atoms with E-state index in [1.54, 1.807) is 12.3 Å². The molecule has 0 bridgehead atoms. The first-order valence-electron chi connectivity index (χ1n) is 10.0. The van der Waals surface area contributed by atoms with Crippen LogP contribution in [0, 0.1) is 6.92 Å². The van der Waals surface area contributed by atoms with Crippen molar-refractivity contribution >= 4 is 23.3 Å². The smallest absolute Gasteiger partial charge is 0.255 e. The number of carbonyl (C=O) groups is 1. The van der Waals surface area contributed by atoms with Gasteiger partial charge in [0.1, 0.15) is 11.9 Å². The van der Waals surface area contributed by atoms with Crippen LogP contribution in [0.4, 0.5) is 5.82 Å². The summed E-state index contributed by atoms with van der Waals surface area (Å²) >= 11 is 6.56. The van der Waals surface area contributed by atoms with Crippen LogP contribution in [0.3, 0.4) is 0 Å². The molecule has 28 heavy (non-hydrogen) atoms. The average molecular weight is 400 g/mol. The molecule has 1 atom stereocenters. The molecular formula is C22H26ClN3O2. The van der Waals surface area contributed by atoms with E-state index in [9.17, 15) is 4.79 Å². The maximum atomic E-state index is 12.7. The van der Waals surface area contributed by atoms with Gasteiger partial charge >= 0.3 is 0 Å². The molecule has 1 aromatic heterocycles. The molecule has 2 saturated heterocycles. The molecular weight excluding hydrogens is 374 g/mol. The number of hydrogen-bond donors (Lipinski definition) is 0. The Morgan fingerprint density at radius 2 is 1.96 bits per heavy atom. The van der Waals surface area contributed by atoms with Crippen LogP contribution in [-0.4, -0.2) is 48.6 Å². The Bertz CT molecular complexity index is 851. The molecule has 1 aromatic carbocycles. The second kappa shape index (κ2) is 8.50. The number of hydrogen-bond acceptors (Lipinski definition) is 4. The average Bonchev–Trinajstić information content (AvgIpc) is 2.74. The number of aryl methyl sites for hydroxylation is 1. The molecule has 2 fully saturated rings. The van der Waals surface area contributed by atoms with Gasteiger partial charge in [0.25, 0.3) is 5.91 Å². The van der Waals surface area contributed by atoms with E-state index in [0.29, 0.717) is 23.7 Å². The van der Waals surface area contributed by atoms with Crippen molar-refractivity contribution in [2.24, 2.45) is 0 Å². The van der Waals surface area contributed by atoms with Gasteiger partial charge in [-0.05, 0) is 43.4 Å². The van der Waals surface area contributed by atoms with Crippen LogP contribution in [0.25, 0.3) is 0 Å². The maximum absolute atomic E-state index is 12.7. The first kappa shape index (κ1) is 19.2. The van der Waals surface area contributed by atoms with E-state index in [2.05, 4.69) is 28.9 Å². The second-order valence-electron chi connectivity index (χ2n) is 7.54. The standard InChI is InChI=1S/C22H26ClN3O2/c1-16-7-3-4-8-18(16)20-15-26(11-12-28-20)21-19(23)13-17(14-24-21)22(27)25-9-5-2-6-10-25/h3-4,7-8,13-14,20H,2,5-6,9-12,15H2,1H3. The van der Waals surface area contributed by atoms with Crippen molar-refractivity contribution in [2.45, 2.75) is 32.3 Å². The highest BCUT2D eigenvalue weighted by molar-refractivity contribution is 6.33. The normalized spacial score (nSPS) is 20.3. The molecule has 2 aliphatic heterocycles. The molecule has 0 saturated carbocycles. The molecule has 2 aromatic rings. The molecule has 1 amide bonds. The molecule has 0 N–H and O–H groups in total. The summed E-state index contributed by atoms with van der Waals surface area (Å²) in [4.78, 5) is 21.3. The zero-order chi connectivity index (χ0) is 19.5. The fraction of sp³-hybridized carbons (Fsp3) is 0.455. The Morgan fingerprint density at radius 1 is 1.18 bits per heavy atom. The highest BCUT2D eigenvalue weighted by atomic mass is 35.5. The molecule has 148 valence electrons. The third kappa shape index (κ3) is 4.01. The van der Waals surface area contributed by atoms with E-state index in [1.807, 2.05) is 17.0 Å². The predicted octanol–water partition coefficient (Wildman–Crippen LogP) is 4.25. The first-order chi connectivity index (χ1) is 13.6. The number of likely N-dealkylation sites (tertiary alicyclic amines) is 1. The zero-order valence-corrected chi connectivity index (χ0v) is 17.0. The minimum Gasteiger partial charge on any atom is -0.370 e. The topological polar surface area (TPSA) is 45.7 Å². The van der Waals surface area contributed by atoms with Crippen molar-refractivity contribution in [1.29, 1.82) is 0 Å². The first-order valence-corrected chi connectivity index (χ1v) is 10.4. The van der Waals surface area contributed by atoms with Crippen molar-refractivity contribution in [3.63, 3.8) is 0 Å². The number of carbonyl (C=O) groups excluding carboxylic acids is 1. The van der Waals surface area contributed by atoms with E-state index in [1.165, 1.54) is 17.5 Å². The Morgan fingerprint density at radius 3 is 2.71 bits per heavy atom. The Hall–Kier alpha value is -2.11. The lowest BCUT2D eigenvalue weighted by Crippen LogP contribution is -2.39. The SMILES string of the molecule is Cc1ccccc1C1CN(c2ncc(C(=O)N3CCCCC3)cc2Cl)CCO1. The van der Waals surface area contributed by atoms with E-state index < -0.39 is 0 Å². The number of benzene rings is 1. The number of piperidine rings is 1. The number of pyridine rings is 1. The third-order valence-electron chi connectivity index (χ3n) is 5.61. The maximum Gasteiger partial charge on any atom is 0.255 e. The molecule has 0 radical (unpaired) electrons. The number of aromatic nitrogens is 1. The molecule has 6 heteroatoms. The minimum atomic E-state index is -0.0116. The lowest BCUT2D eigenvalue weighted by atomic mass is 10.0. The summed E-state index contributed by atoms with van der Waals surface area (Å²) < 4.78 is 6.00. The van der Waals surface area contributed by atoms with Gasteiger partial charge in [0, 0.05) is 32.4 Å². The largest absolute Gasteiger partial charge is 0.370 e. The number of ether oxygens (including phenoxy) is 1. The van der Waals surface area contributed by atoms with Crippen molar-refractivity contribution < 1.29 is 9.53 Å². The number of anilines is 1. The lowest BCUT2D eigenvalue weighted by Gasteiger charge is -2.35. The summed E-state index contributed by atoms with van der Waals surface area (Å²) in [6.45, 7) is 5.78. The summed E-state index contributed by atoms with van der Waals surface area (Å²) in [5.74, 6) is 0.749. The molecule has 1 unspecified atom stereocenters. The van der Waals surface area contributed by atoms with E-state index in [-0.39, 0.29) is 12.0 Å². The Kier molecular flexibility index (Phi) is 5.83. The van der Waals surface area contributed by atoms with Gasteiger partial charge in [-0.15, -0.1) is 0 Å². The van der Waals surface area contributed by atoms with Gasteiger partial charge in [-0.25, -0.2) is 4.98 Å². The second-order valence-corrected chi connectivity index (χ2v) is 7.95. The quantitative estimate of drug-likeness (QED) is 0.774. The van der Waals surface area contributed by atoms with Crippen LogP contribution in [0.15, 0.2) is 36.5 Å². The predicted molar refractivity (Wildman–Crippen MR) is 111 cm³/mol. The van der Waals surface area contributed by atoms with Crippen LogP contribution < -0.4 is 4.90 Å². The van der Waals surface area contributed by atoms with Gasteiger partial charge in [0.15, 0.2) is 0 Å². The van der Waals surface area contributed by atoms with Crippen molar-refractivity contribution in [1.82, 2.24) is 9.88 Å². The molecule has 5 nitrogen and oxygen atoms in total. The van der Waals surface area contributed by atoms with Crippen LogP contribution in [0.5, 0.6) is 0 Å². The monoisotopic (exact) mass is 399 g/mol. The summed E-state index contributed by atoms with van der Waals surface area (Å²) in [7, 11) is 0. The summed E-state index contributed by atoms with van der Waals surface area (Å²) in [5, 5.41) is 0.522. The van der Waals surface area contributed by atoms with Crippen molar-refractivity contribution in [3.05, 3.63) is 58.2 Å². The van der Waals surface area contributed by atoms with Gasteiger partial charge in [0.2, 0.25) is 0 Å². The van der Waals surface area contributed by atoms with Crippen LogP contribution in [-0.2, 0) is 4.74 Å². The van der Waals surface area contributed by atoms with Gasteiger partial charge in [-0.2, -0.15) is 0 Å². The molecule has 4 rings (SSSR count). The zero-order valence-electron chi connectivity index (χ0n) is 16.2. The van der Waals surface area contributed by atoms with E-state index in [4.69, 9.17) is 16.3 Å². The number of halogens is 1. The van der Waals surface area contributed by atoms with Gasteiger partial charge in [-0.3, -0.25) is 4.79 Å². The highest BCUT2D eigenvalue weighted by Crippen LogP contribution is 2.31. The van der Waals surface area contributed by atoms with Crippen molar-refractivity contribution in [2.75, 3.05) is 37.7 Å². The van der Waals surface area contributed by atoms with Gasteiger partial charge in [-0.1, -0.05) is 35.9 Å². The number of amides is 1. The lowest BCUT2D eigenvalue weighted by molar-refractivity contribution is 0.0391. The molecule has 2 aliphatic rings. The van der Waals surface area contributed by atoms with E-state index in [0.717, 1.165) is 38.3 Å². The van der Waals surface area contributed by atoms with Gasteiger partial charge < -0.3 is 14.5 Å².